The highest BCUT2D eigenvalue weighted by Crippen LogP contribution is 2.29. The summed E-state index contributed by atoms with van der Waals surface area (Å²) in [6.45, 7) is 0. The molecule has 0 amide bonds. The first-order valence-corrected chi connectivity index (χ1v) is 7.33. The Kier molecular flexibility index (Phi) is 4.86. The van der Waals surface area contributed by atoms with E-state index in [4.69, 9.17) is 0 Å². The minimum atomic E-state index is -0.314. The van der Waals surface area contributed by atoms with Gasteiger partial charge in [0.05, 0.1) is 6.10 Å². The maximum atomic E-state index is 12.7. The van der Waals surface area contributed by atoms with Crippen LogP contribution in [0.1, 0.15) is 31.2 Å². The number of aliphatic hydroxyl groups is 1. The molecule has 1 saturated carbocycles. The van der Waals surface area contributed by atoms with Crippen molar-refractivity contribution in [2.45, 2.75) is 43.5 Å². The van der Waals surface area contributed by atoms with Crippen molar-refractivity contribution in [1.29, 1.82) is 0 Å². The molecule has 0 bridgehead atoms. The van der Waals surface area contributed by atoms with Crippen LogP contribution in [-0.2, 0) is 6.42 Å². The molecule has 0 aliphatic heterocycles. The lowest BCUT2D eigenvalue weighted by atomic mass is 10.1. The molecule has 0 radical (unpaired) electrons. The van der Waals surface area contributed by atoms with Gasteiger partial charge in [-0.3, -0.25) is 0 Å². The van der Waals surface area contributed by atoms with Crippen LogP contribution in [0.2, 0.25) is 0 Å². The van der Waals surface area contributed by atoms with Crippen molar-refractivity contribution < 1.29 is 9.50 Å². The number of benzene rings is 1. The highest BCUT2D eigenvalue weighted by Gasteiger charge is 2.17. The molecule has 1 atom stereocenters. The maximum absolute atomic E-state index is 12.7. The van der Waals surface area contributed by atoms with Crippen molar-refractivity contribution in [3.05, 3.63) is 35.6 Å². The van der Waals surface area contributed by atoms with Crippen LogP contribution in [0.3, 0.4) is 0 Å². The van der Waals surface area contributed by atoms with Crippen LogP contribution in [0.5, 0.6) is 0 Å². The summed E-state index contributed by atoms with van der Waals surface area (Å²) < 4.78 is 12.7. The van der Waals surface area contributed by atoms with E-state index in [0.717, 1.165) is 16.6 Å². The first-order valence-electron chi connectivity index (χ1n) is 6.28. The molecular formula is C14H19FOS. The summed E-state index contributed by atoms with van der Waals surface area (Å²) in [6, 6.07) is 6.40. The third-order valence-electron chi connectivity index (χ3n) is 3.21. The van der Waals surface area contributed by atoms with Crippen molar-refractivity contribution in [2.24, 2.45) is 0 Å². The van der Waals surface area contributed by atoms with Crippen molar-refractivity contribution in [3.63, 3.8) is 0 Å². The molecule has 17 heavy (non-hydrogen) atoms. The van der Waals surface area contributed by atoms with Gasteiger partial charge in [-0.15, -0.1) is 0 Å². The Morgan fingerprint density at radius 2 is 1.88 bits per heavy atom. The van der Waals surface area contributed by atoms with Gasteiger partial charge in [0.15, 0.2) is 0 Å². The predicted molar refractivity (Wildman–Crippen MR) is 70.8 cm³/mol. The SMILES string of the molecule is OC(CSC1CCCC1)Cc1ccc(F)cc1. The number of rotatable bonds is 5. The van der Waals surface area contributed by atoms with Gasteiger partial charge in [-0.05, 0) is 37.0 Å². The average molecular weight is 254 g/mol. The molecule has 1 aromatic carbocycles. The zero-order chi connectivity index (χ0) is 12.1. The van der Waals surface area contributed by atoms with Crippen LogP contribution in [0, 0.1) is 5.82 Å². The lowest BCUT2D eigenvalue weighted by Gasteiger charge is -2.13. The molecular weight excluding hydrogens is 235 g/mol. The quantitative estimate of drug-likeness (QED) is 0.869. The highest BCUT2D eigenvalue weighted by atomic mass is 32.2. The minimum Gasteiger partial charge on any atom is -0.392 e. The molecule has 94 valence electrons. The van der Waals surface area contributed by atoms with Crippen molar-refractivity contribution in [3.8, 4) is 0 Å². The molecule has 1 unspecified atom stereocenters. The summed E-state index contributed by atoms with van der Waals surface area (Å²) in [6.07, 6.45) is 5.59. The van der Waals surface area contributed by atoms with E-state index >= 15 is 0 Å². The van der Waals surface area contributed by atoms with Crippen LogP contribution >= 0.6 is 11.8 Å². The van der Waals surface area contributed by atoms with Gasteiger partial charge in [-0.1, -0.05) is 25.0 Å². The molecule has 1 aliphatic rings. The smallest absolute Gasteiger partial charge is 0.123 e. The monoisotopic (exact) mass is 254 g/mol. The Morgan fingerprint density at radius 3 is 2.53 bits per heavy atom. The van der Waals surface area contributed by atoms with Crippen LogP contribution in [0.15, 0.2) is 24.3 Å². The summed E-state index contributed by atoms with van der Waals surface area (Å²) in [5, 5.41) is 10.7. The minimum absolute atomic E-state index is 0.219. The molecule has 1 aliphatic carbocycles. The summed E-state index contributed by atoms with van der Waals surface area (Å²) in [4.78, 5) is 0. The van der Waals surface area contributed by atoms with Crippen LogP contribution in [0.4, 0.5) is 4.39 Å². The fraction of sp³-hybridized carbons (Fsp3) is 0.571. The lowest BCUT2D eigenvalue weighted by molar-refractivity contribution is 0.200. The summed E-state index contributed by atoms with van der Waals surface area (Å²) in [5.74, 6) is 0.575. The molecule has 1 fully saturated rings. The number of hydrogen-bond donors (Lipinski definition) is 1. The zero-order valence-electron chi connectivity index (χ0n) is 9.94. The van der Waals surface area contributed by atoms with E-state index in [1.165, 1.54) is 37.8 Å². The molecule has 0 saturated heterocycles. The molecule has 3 heteroatoms. The standard InChI is InChI=1S/C14H19FOS/c15-12-7-5-11(6-8-12)9-13(16)10-17-14-3-1-2-4-14/h5-8,13-14,16H,1-4,9-10H2. The first-order chi connectivity index (χ1) is 8.24. The van der Waals surface area contributed by atoms with Crippen LogP contribution < -0.4 is 0 Å². The number of thioether (sulfide) groups is 1. The molecule has 1 N–H and O–H groups in total. The van der Waals surface area contributed by atoms with Gasteiger partial charge < -0.3 is 5.11 Å². The second-order valence-corrected chi connectivity index (χ2v) is 6.06. The summed E-state index contributed by atoms with van der Waals surface area (Å²) in [7, 11) is 0. The molecule has 0 spiro atoms. The van der Waals surface area contributed by atoms with Crippen molar-refractivity contribution in [2.75, 3.05) is 5.75 Å². The van der Waals surface area contributed by atoms with Gasteiger partial charge >= 0.3 is 0 Å². The fourth-order valence-electron chi connectivity index (χ4n) is 2.25. The molecule has 1 aromatic rings. The van der Waals surface area contributed by atoms with Crippen molar-refractivity contribution >= 4 is 11.8 Å². The van der Waals surface area contributed by atoms with Gasteiger partial charge in [0.2, 0.25) is 0 Å². The largest absolute Gasteiger partial charge is 0.392 e. The van der Waals surface area contributed by atoms with Crippen molar-refractivity contribution in [1.82, 2.24) is 0 Å². The van der Waals surface area contributed by atoms with E-state index in [2.05, 4.69) is 0 Å². The Hall–Kier alpha value is -0.540. The van der Waals surface area contributed by atoms with Gasteiger partial charge in [-0.2, -0.15) is 11.8 Å². The Morgan fingerprint density at radius 1 is 1.24 bits per heavy atom. The number of halogens is 1. The third-order valence-corrected chi connectivity index (χ3v) is 4.73. The Balaban J connectivity index is 1.72. The predicted octanol–water partition coefficient (Wildman–Crippen LogP) is 3.40. The van der Waals surface area contributed by atoms with E-state index in [1.807, 2.05) is 11.8 Å². The van der Waals surface area contributed by atoms with Crippen LogP contribution in [-0.4, -0.2) is 22.2 Å². The first kappa shape index (κ1) is 12.9. The Bertz CT molecular complexity index is 333. The van der Waals surface area contributed by atoms with E-state index in [1.54, 1.807) is 12.1 Å². The number of hydrogen-bond acceptors (Lipinski definition) is 2. The topological polar surface area (TPSA) is 20.2 Å². The zero-order valence-corrected chi connectivity index (χ0v) is 10.8. The average Bonchev–Trinajstić information content (AvgIpc) is 2.83. The number of aliphatic hydroxyl groups excluding tert-OH is 1. The van der Waals surface area contributed by atoms with E-state index in [-0.39, 0.29) is 11.9 Å². The van der Waals surface area contributed by atoms with Gasteiger partial charge in [0.1, 0.15) is 5.82 Å². The maximum Gasteiger partial charge on any atom is 0.123 e. The normalized spacial score (nSPS) is 18.5. The molecule has 0 aromatic heterocycles. The summed E-state index contributed by atoms with van der Waals surface area (Å²) in [5.41, 5.74) is 1.01. The summed E-state index contributed by atoms with van der Waals surface area (Å²) >= 11 is 1.89. The van der Waals surface area contributed by atoms with Gasteiger partial charge in [0.25, 0.3) is 0 Å². The van der Waals surface area contributed by atoms with Gasteiger partial charge in [-0.25, -0.2) is 4.39 Å². The lowest BCUT2D eigenvalue weighted by Crippen LogP contribution is -2.15. The molecule has 0 heterocycles. The van der Waals surface area contributed by atoms with Crippen LogP contribution in [0.25, 0.3) is 0 Å². The third kappa shape index (κ3) is 4.32. The molecule has 2 rings (SSSR count). The second kappa shape index (κ2) is 6.41. The van der Waals surface area contributed by atoms with E-state index in [9.17, 15) is 9.50 Å². The van der Waals surface area contributed by atoms with E-state index in [0.29, 0.717) is 6.42 Å². The highest BCUT2D eigenvalue weighted by molar-refractivity contribution is 7.99. The van der Waals surface area contributed by atoms with E-state index < -0.39 is 0 Å². The van der Waals surface area contributed by atoms with Gasteiger partial charge in [0, 0.05) is 11.0 Å². The fourth-order valence-corrected chi connectivity index (χ4v) is 3.53. The molecule has 1 nitrogen and oxygen atoms in total. The Labute approximate surface area is 106 Å². The second-order valence-electron chi connectivity index (χ2n) is 4.72.